The van der Waals surface area contributed by atoms with E-state index in [2.05, 4.69) is 0 Å². The highest BCUT2D eigenvalue weighted by atomic mass is 35.5. The second kappa shape index (κ2) is 7.17. The smallest absolute Gasteiger partial charge is 0.310 e. The second-order valence-electron chi connectivity index (χ2n) is 4.18. The lowest BCUT2D eigenvalue weighted by atomic mass is 9.83. The maximum atomic E-state index is 12.0. The predicted molar refractivity (Wildman–Crippen MR) is 73.1 cm³/mol. The highest BCUT2D eigenvalue weighted by molar-refractivity contribution is 6.59. The molecule has 1 aliphatic rings. The van der Waals surface area contributed by atoms with Gasteiger partial charge in [-0.1, -0.05) is 47.0 Å². The number of ether oxygens (including phenoxy) is 1. The molecule has 106 valence electrons. The monoisotopic (exact) mass is 326 g/mol. The van der Waals surface area contributed by atoms with Crippen molar-refractivity contribution in [1.82, 2.24) is 0 Å². The fourth-order valence-corrected chi connectivity index (χ4v) is 2.17. The van der Waals surface area contributed by atoms with Gasteiger partial charge in [0.05, 0.1) is 16.9 Å². The number of carboxylic acid groups (broad SMARTS) is 1. The first-order valence-corrected chi connectivity index (χ1v) is 6.77. The van der Waals surface area contributed by atoms with E-state index in [1.807, 2.05) is 0 Å². The molecule has 0 fully saturated rings. The third-order valence-corrected chi connectivity index (χ3v) is 3.98. The highest BCUT2D eigenvalue weighted by Crippen LogP contribution is 2.29. The minimum atomic E-state index is -1.02. The van der Waals surface area contributed by atoms with Crippen LogP contribution in [0.1, 0.15) is 19.8 Å². The standard InChI is InChI=1S/C12H13Cl3O4/c1-6(9(13)10(14)15)19-12(18)8-5-3-2-4-7(8)11(16)17/h2-3,6-8H,4-5H2,1H3,(H,16,17)/t6-,7+,8-/m1/s1. The van der Waals surface area contributed by atoms with Crippen LogP contribution in [0.2, 0.25) is 0 Å². The summed E-state index contributed by atoms with van der Waals surface area (Å²) in [7, 11) is 0. The van der Waals surface area contributed by atoms with E-state index in [4.69, 9.17) is 44.6 Å². The minimum Gasteiger partial charge on any atom is -0.481 e. The predicted octanol–water partition coefficient (Wildman–Crippen LogP) is 3.47. The van der Waals surface area contributed by atoms with Crippen LogP contribution in [0.25, 0.3) is 0 Å². The molecule has 0 unspecified atom stereocenters. The maximum Gasteiger partial charge on any atom is 0.310 e. The molecule has 1 N–H and O–H groups in total. The first-order chi connectivity index (χ1) is 8.84. The van der Waals surface area contributed by atoms with Gasteiger partial charge in [0.2, 0.25) is 0 Å². The van der Waals surface area contributed by atoms with Gasteiger partial charge in [-0.05, 0) is 19.8 Å². The summed E-state index contributed by atoms with van der Waals surface area (Å²) in [6.07, 6.45) is 3.35. The first kappa shape index (κ1) is 16.3. The molecule has 1 aliphatic carbocycles. The summed E-state index contributed by atoms with van der Waals surface area (Å²) in [5, 5.41) is 9.08. The Labute approximate surface area is 126 Å². The lowest BCUT2D eigenvalue weighted by Crippen LogP contribution is -2.34. The van der Waals surface area contributed by atoms with Gasteiger partial charge >= 0.3 is 11.9 Å². The summed E-state index contributed by atoms with van der Waals surface area (Å²) in [4.78, 5) is 23.0. The van der Waals surface area contributed by atoms with Crippen LogP contribution in [0.5, 0.6) is 0 Å². The highest BCUT2D eigenvalue weighted by Gasteiger charge is 2.36. The molecule has 0 amide bonds. The molecular formula is C12H13Cl3O4. The molecule has 3 atom stereocenters. The van der Waals surface area contributed by atoms with E-state index in [0.29, 0.717) is 12.8 Å². The van der Waals surface area contributed by atoms with Crippen molar-refractivity contribution in [3.05, 3.63) is 21.7 Å². The van der Waals surface area contributed by atoms with Crippen molar-refractivity contribution >= 4 is 46.7 Å². The number of carbonyl (C=O) groups is 2. The normalized spacial score (nSPS) is 23.6. The topological polar surface area (TPSA) is 63.6 Å². The van der Waals surface area contributed by atoms with Gasteiger partial charge in [0.15, 0.2) is 0 Å². The van der Waals surface area contributed by atoms with Crippen LogP contribution in [-0.2, 0) is 14.3 Å². The zero-order chi connectivity index (χ0) is 14.6. The maximum absolute atomic E-state index is 12.0. The second-order valence-corrected chi connectivity index (χ2v) is 5.54. The van der Waals surface area contributed by atoms with Gasteiger partial charge in [-0.15, -0.1) is 0 Å². The van der Waals surface area contributed by atoms with E-state index in [9.17, 15) is 9.59 Å². The van der Waals surface area contributed by atoms with Crippen LogP contribution in [0.15, 0.2) is 21.7 Å². The van der Waals surface area contributed by atoms with Crippen molar-refractivity contribution in [2.24, 2.45) is 11.8 Å². The molecule has 0 heterocycles. The Hall–Kier alpha value is -0.710. The summed E-state index contributed by atoms with van der Waals surface area (Å²) < 4.78 is 4.92. The zero-order valence-electron chi connectivity index (χ0n) is 10.1. The number of aliphatic carboxylic acids is 1. The number of allylic oxidation sites excluding steroid dienone is 2. The van der Waals surface area contributed by atoms with E-state index < -0.39 is 29.9 Å². The Kier molecular flexibility index (Phi) is 6.17. The van der Waals surface area contributed by atoms with Crippen molar-refractivity contribution in [3.63, 3.8) is 0 Å². The Bertz CT molecular complexity index is 427. The number of carbonyl (C=O) groups excluding carboxylic acids is 1. The van der Waals surface area contributed by atoms with E-state index >= 15 is 0 Å². The van der Waals surface area contributed by atoms with Crippen LogP contribution < -0.4 is 0 Å². The molecule has 0 aliphatic heterocycles. The minimum absolute atomic E-state index is 0.00918. The number of hydrogen-bond acceptors (Lipinski definition) is 3. The lowest BCUT2D eigenvalue weighted by molar-refractivity contribution is -0.159. The number of rotatable bonds is 4. The molecule has 0 spiro atoms. The Balaban J connectivity index is 2.74. The largest absolute Gasteiger partial charge is 0.481 e. The van der Waals surface area contributed by atoms with Crippen LogP contribution in [0, 0.1) is 11.8 Å². The molecule has 0 bridgehead atoms. The number of hydrogen-bond donors (Lipinski definition) is 1. The average molecular weight is 328 g/mol. The number of halogens is 3. The molecule has 0 aromatic heterocycles. The van der Waals surface area contributed by atoms with Crippen LogP contribution >= 0.6 is 34.8 Å². The fourth-order valence-electron chi connectivity index (χ4n) is 1.81. The fraction of sp³-hybridized carbons (Fsp3) is 0.500. The average Bonchev–Trinajstić information content (AvgIpc) is 2.37. The first-order valence-electron chi connectivity index (χ1n) is 5.63. The summed E-state index contributed by atoms with van der Waals surface area (Å²) in [6, 6.07) is 0. The lowest BCUT2D eigenvalue weighted by Gasteiger charge is -2.25. The summed E-state index contributed by atoms with van der Waals surface area (Å²) in [5.74, 6) is -3.13. The Morgan fingerprint density at radius 2 is 1.74 bits per heavy atom. The third kappa shape index (κ3) is 4.41. The molecule has 19 heavy (non-hydrogen) atoms. The van der Waals surface area contributed by atoms with Crippen molar-refractivity contribution in [2.75, 3.05) is 0 Å². The molecule has 0 saturated carbocycles. The molecule has 1 rings (SSSR count). The molecule has 7 heteroatoms. The summed E-state index contributed by atoms with van der Waals surface area (Å²) in [5.41, 5.74) is 0. The number of carboxylic acids is 1. The molecule has 0 saturated heterocycles. The Morgan fingerprint density at radius 1 is 1.21 bits per heavy atom. The SMILES string of the molecule is C[C@@H](OC(=O)[C@@H]1CC=CC[C@@H]1C(=O)O)C(Cl)=C(Cl)Cl. The van der Waals surface area contributed by atoms with Crippen molar-refractivity contribution in [1.29, 1.82) is 0 Å². The molecule has 0 aromatic rings. The number of esters is 1. The van der Waals surface area contributed by atoms with Gasteiger partial charge in [0.25, 0.3) is 0 Å². The van der Waals surface area contributed by atoms with Gasteiger partial charge < -0.3 is 9.84 Å². The molecular weight excluding hydrogens is 314 g/mol. The summed E-state index contributed by atoms with van der Waals surface area (Å²) in [6.45, 7) is 1.51. The zero-order valence-corrected chi connectivity index (χ0v) is 12.4. The van der Waals surface area contributed by atoms with Gasteiger partial charge in [-0.2, -0.15) is 0 Å². The van der Waals surface area contributed by atoms with Crippen LogP contribution in [-0.4, -0.2) is 23.1 Å². The van der Waals surface area contributed by atoms with Crippen molar-refractivity contribution < 1.29 is 19.4 Å². The van der Waals surface area contributed by atoms with Crippen molar-refractivity contribution in [3.8, 4) is 0 Å². The molecule has 4 nitrogen and oxygen atoms in total. The van der Waals surface area contributed by atoms with Crippen LogP contribution in [0.3, 0.4) is 0 Å². The molecule has 0 radical (unpaired) electrons. The van der Waals surface area contributed by atoms with Crippen molar-refractivity contribution in [2.45, 2.75) is 25.9 Å². The van der Waals surface area contributed by atoms with E-state index in [0.717, 1.165) is 0 Å². The third-order valence-electron chi connectivity index (χ3n) is 2.88. The van der Waals surface area contributed by atoms with E-state index in [-0.39, 0.29) is 9.52 Å². The van der Waals surface area contributed by atoms with Gasteiger partial charge in [0, 0.05) is 0 Å². The van der Waals surface area contributed by atoms with E-state index in [1.165, 1.54) is 6.92 Å². The van der Waals surface area contributed by atoms with E-state index in [1.54, 1.807) is 12.2 Å². The van der Waals surface area contributed by atoms with Crippen LogP contribution in [0.4, 0.5) is 0 Å². The van der Waals surface area contributed by atoms with Gasteiger partial charge in [0.1, 0.15) is 10.6 Å². The Morgan fingerprint density at radius 3 is 2.21 bits per heavy atom. The quantitative estimate of drug-likeness (QED) is 0.634. The summed E-state index contributed by atoms with van der Waals surface area (Å²) >= 11 is 16.7. The van der Waals surface area contributed by atoms with Gasteiger partial charge in [-0.3, -0.25) is 9.59 Å². The van der Waals surface area contributed by atoms with Gasteiger partial charge in [-0.25, -0.2) is 0 Å². The molecule has 0 aromatic carbocycles.